The van der Waals surface area contributed by atoms with E-state index in [1.165, 1.54) is 0 Å². The van der Waals surface area contributed by atoms with E-state index in [0.29, 0.717) is 23.7 Å². The molecule has 1 N–H and O–H groups in total. The van der Waals surface area contributed by atoms with Gasteiger partial charge in [0.1, 0.15) is 23.9 Å². The lowest BCUT2D eigenvalue weighted by Gasteiger charge is -2.06. The summed E-state index contributed by atoms with van der Waals surface area (Å²) in [5.74, 6) is 1.71. The number of nitrogens with one attached hydrogen (secondary N) is 1. The summed E-state index contributed by atoms with van der Waals surface area (Å²) in [5, 5.41) is 4.01. The maximum Gasteiger partial charge on any atom is 0.274 e. The minimum absolute atomic E-state index is 0.299. The van der Waals surface area contributed by atoms with E-state index in [2.05, 4.69) is 10.5 Å². The molecule has 0 aliphatic heterocycles. The fraction of sp³-hybridized carbons (Fsp3) is 0.143. The maximum atomic E-state index is 12.1. The van der Waals surface area contributed by atoms with E-state index < -0.39 is 0 Å². The van der Waals surface area contributed by atoms with Crippen LogP contribution in [0.2, 0.25) is 0 Å². The van der Waals surface area contributed by atoms with Crippen molar-refractivity contribution in [2.24, 2.45) is 5.10 Å². The van der Waals surface area contributed by atoms with Crippen molar-refractivity contribution in [1.82, 2.24) is 5.43 Å². The molecule has 0 spiro atoms. The molecule has 0 radical (unpaired) electrons. The average molecular weight is 348 g/mol. The van der Waals surface area contributed by atoms with E-state index in [1.807, 2.05) is 54.6 Å². The van der Waals surface area contributed by atoms with Crippen molar-refractivity contribution >= 4 is 12.1 Å². The standard InChI is InChI=1S/C21H20N2O3/c1-15-11-20(16(2)26-15)21(24)23-22-13-18-9-6-10-19(12-18)25-14-17-7-4-3-5-8-17/h3-13H,14H2,1-2H3,(H,23,24). The lowest BCUT2D eigenvalue weighted by atomic mass is 10.2. The smallest absolute Gasteiger partial charge is 0.274 e. The van der Waals surface area contributed by atoms with Gasteiger partial charge in [-0.3, -0.25) is 4.79 Å². The third-order valence-corrected chi connectivity index (χ3v) is 3.77. The van der Waals surface area contributed by atoms with E-state index >= 15 is 0 Å². The first kappa shape index (κ1) is 17.5. The van der Waals surface area contributed by atoms with E-state index in [-0.39, 0.29) is 5.91 Å². The van der Waals surface area contributed by atoms with Gasteiger partial charge < -0.3 is 9.15 Å². The Balaban J connectivity index is 1.58. The Kier molecular flexibility index (Phi) is 5.49. The van der Waals surface area contributed by atoms with Crippen LogP contribution >= 0.6 is 0 Å². The maximum absolute atomic E-state index is 12.1. The van der Waals surface area contributed by atoms with Crippen molar-refractivity contribution in [3.8, 4) is 5.75 Å². The van der Waals surface area contributed by atoms with Crippen LogP contribution in [0, 0.1) is 13.8 Å². The molecule has 1 aromatic heterocycles. The molecule has 0 bridgehead atoms. The number of amides is 1. The van der Waals surface area contributed by atoms with Gasteiger partial charge in [0.15, 0.2) is 0 Å². The summed E-state index contributed by atoms with van der Waals surface area (Å²) >= 11 is 0. The number of hydrogen-bond donors (Lipinski definition) is 1. The molecule has 2 aromatic carbocycles. The van der Waals surface area contributed by atoms with Gasteiger partial charge in [0.05, 0.1) is 11.8 Å². The average Bonchev–Trinajstić information content (AvgIpc) is 2.99. The van der Waals surface area contributed by atoms with Gasteiger partial charge in [0, 0.05) is 0 Å². The molecular weight excluding hydrogens is 328 g/mol. The molecule has 3 rings (SSSR count). The van der Waals surface area contributed by atoms with Crippen molar-refractivity contribution in [2.45, 2.75) is 20.5 Å². The van der Waals surface area contributed by atoms with Crippen LogP contribution in [0.5, 0.6) is 5.75 Å². The zero-order valence-electron chi connectivity index (χ0n) is 14.7. The monoisotopic (exact) mass is 348 g/mol. The number of furan rings is 1. The Morgan fingerprint density at radius 2 is 1.92 bits per heavy atom. The number of carbonyl (C=O) groups excluding carboxylic acids is 1. The molecule has 1 heterocycles. The molecule has 0 aliphatic carbocycles. The number of aryl methyl sites for hydroxylation is 2. The van der Waals surface area contributed by atoms with Crippen molar-refractivity contribution in [1.29, 1.82) is 0 Å². The third kappa shape index (κ3) is 4.60. The summed E-state index contributed by atoms with van der Waals surface area (Å²) in [6, 6.07) is 19.2. The molecule has 0 fully saturated rings. The lowest BCUT2D eigenvalue weighted by Crippen LogP contribution is -2.17. The number of carbonyl (C=O) groups is 1. The third-order valence-electron chi connectivity index (χ3n) is 3.77. The summed E-state index contributed by atoms with van der Waals surface area (Å²) in [7, 11) is 0. The zero-order chi connectivity index (χ0) is 18.4. The Morgan fingerprint density at radius 1 is 1.12 bits per heavy atom. The number of nitrogens with zero attached hydrogens (tertiary/aromatic N) is 1. The van der Waals surface area contributed by atoms with Gasteiger partial charge in [-0.2, -0.15) is 5.10 Å². The van der Waals surface area contributed by atoms with Gasteiger partial charge in [-0.25, -0.2) is 5.43 Å². The highest BCUT2D eigenvalue weighted by atomic mass is 16.5. The summed E-state index contributed by atoms with van der Waals surface area (Å²) in [6.07, 6.45) is 1.58. The van der Waals surface area contributed by atoms with Crippen LogP contribution in [0.15, 0.2) is 70.2 Å². The lowest BCUT2D eigenvalue weighted by molar-refractivity contribution is 0.0953. The SMILES string of the molecule is Cc1cc(C(=O)NN=Cc2cccc(OCc3ccccc3)c2)c(C)o1. The van der Waals surface area contributed by atoms with Crippen molar-refractivity contribution in [3.05, 3.63) is 88.9 Å². The molecule has 5 nitrogen and oxygen atoms in total. The number of rotatable bonds is 6. The molecule has 5 heteroatoms. The molecule has 0 saturated carbocycles. The van der Waals surface area contributed by atoms with Crippen LogP contribution in [-0.4, -0.2) is 12.1 Å². The predicted octanol–water partition coefficient (Wildman–Crippen LogP) is 4.24. The van der Waals surface area contributed by atoms with Crippen LogP contribution in [-0.2, 0) is 6.61 Å². The minimum Gasteiger partial charge on any atom is -0.489 e. The first-order valence-electron chi connectivity index (χ1n) is 8.29. The largest absolute Gasteiger partial charge is 0.489 e. The van der Waals surface area contributed by atoms with Crippen molar-refractivity contribution < 1.29 is 13.9 Å². The van der Waals surface area contributed by atoms with Gasteiger partial charge in [0.2, 0.25) is 0 Å². The van der Waals surface area contributed by atoms with E-state index in [9.17, 15) is 4.79 Å². The van der Waals surface area contributed by atoms with Gasteiger partial charge in [-0.05, 0) is 43.2 Å². The van der Waals surface area contributed by atoms with Crippen molar-refractivity contribution in [2.75, 3.05) is 0 Å². The van der Waals surface area contributed by atoms with Crippen LogP contribution in [0.1, 0.15) is 33.0 Å². The van der Waals surface area contributed by atoms with Gasteiger partial charge in [-0.15, -0.1) is 0 Å². The van der Waals surface area contributed by atoms with Crippen molar-refractivity contribution in [3.63, 3.8) is 0 Å². The predicted molar refractivity (Wildman–Crippen MR) is 100 cm³/mol. The minimum atomic E-state index is -0.299. The second kappa shape index (κ2) is 8.16. The molecular formula is C21H20N2O3. The fourth-order valence-electron chi connectivity index (χ4n) is 2.51. The summed E-state index contributed by atoms with van der Waals surface area (Å²) < 4.78 is 11.1. The van der Waals surface area contributed by atoms with Crippen LogP contribution in [0.25, 0.3) is 0 Å². The first-order chi connectivity index (χ1) is 12.6. The quantitative estimate of drug-likeness (QED) is 0.535. The first-order valence-corrected chi connectivity index (χ1v) is 8.29. The van der Waals surface area contributed by atoms with E-state index in [1.54, 1.807) is 26.1 Å². The summed E-state index contributed by atoms with van der Waals surface area (Å²) in [5.41, 5.74) is 4.93. The normalized spacial score (nSPS) is 10.8. The Labute approximate surface area is 152 Å². The van der Waals surface area contributed by atoms with Gasteiger partial charge in [0.25, 0.3) is 5.91 Å². The van der Waals surface area contributed by atoms with E-state index in [4.69, 9.17) is 9.15 Å². The van der Waals surface area contributed by atoms with Gasteiger partial charge >= 0.3 is 0 Å². The number of benzene rings is 2. The molecule has 0 unspecified atom stereocenters. The number of hydrogen-bond acceptors (Lipinski definition) is 4. The Hall–Kier alpha value is -3.34. The highest BCUT2D eigenvalue weighted by molar-refractivity contribution is 5.95. The molecule has 0 atom stereocenters. The van der Waals surface area contributed by atoms with Crippen LogP contribution in [0.4, 0.5) is 0 Å². The fourth-order valence-corrected chi connectivity index (χ4v) is 2.51. The number of hydrazone groups is 1. The summed E-state index contributed by atoms with van der Waals surface area (Å²) in [4.78, 5) is 12.1. The summed E-state index contributed by atoms with van der Waals surface area (Å²) in [6.45, 7) is 4.05. The molecule has 1 amide bonds. The molecule has 0 saturated heterocycles. The second-order valence-corrected chi connectivity index (χ2v) is 5.87. The highest BCUT2D eigenvalue weighted by Crippen LogP contribution is 2.15. The topological polar surface area (TPSA) is 63.8 Å². The highest BCUT2D eigenvalue weighted by Gasteiger charge is 2.12. The Morgan fingerprint density at radius 3 is 2.65 bits per heavy atom. The molecule has 26 heavy (non-hydrogen) atoms. The van der Waals surface area contributed by atoms with Crippen LogP contribution < -0.4 is 10.2 Å². The van der Waals surface area contributed by atoms with E-state index in [0.717, 1.165) is 16.9 Å². The molecule has 0 aliphatic rings. The van der Waals surface area contributed by atoms with Gasteiger partial charge in [-0.1, -0.05) is 42.5 Å². The number of ether oxygens (including phenoxy) is 1. The van der Waals surface area contributed by atoms with Crippen LogP contribution in [0.3, 0.4) is 0 Å². The molecule has 3 aromatic rings. The second-order valence-electron chi connectivity index (χ2n) is 5.87. The zero-order valence-corrected chi connectivity index (χ0v) is 14.7. The molecule has 132 valence electrons. The Bertz CT molecular complexity index is 914.